The van der Waals surface area contributed by atoms with Crippen LogP contribution in [0.2, 0.25) is 0 Å². The van der Waals surface area contributed by atoms with Crippen molar-refractivity contribution in [3.8, 4) is 0 Å². The number of likely N-dealkylation sites (tertiary alicyclic amines) is 1. The molecule has 1 unspecified atom stereocenters. The number of hydrogen-bond acceptors (Lipinski definition) is 2. The van der Waals surface area contributed by atoms with Crippen LogP contribution in [0.3, 0.4) is 0 Å². The van der Waals surface area contributed by atoms with E-state index in [1.54, 1.807) is 0 Å². The second-order valence-corrected chi connectivity index (χ2v) is 5.83. The van der Waals surface area contributed by atoms with Crippen LogP contribution < -0.4 is 5.32 Å². The minimum absolute atomic E-state index is 0.354. The van der Waals surface area contributed by atoms with Gasteiger partial charge in [0.15, 0.2) is 0 Å². The van der Waals surface area contributed by atoms with Crippen LogP contribution in [0.25, 0.3) is 0 Å². The maximum atomic E-state index is 3.53. The third-order valence-electron chi connectivity index (χ3n) is 3.05. The Morgan fingerprint density at radius 2 is 2.00 bits per heavy atom. The molecule has 1 aliphatic heterocycles. The first kappa shape index (κ1) is 12.0. The summed E-state index contributed by atoms with van der Waals surface area (Å²) in [4.78, 5) is 2.60. The standard InChI is InChI=1S/C12H26N2/c1-10(2)13-8-11-6-7-14(9-11)12(3,4)5/h10-11,13H,6-9H2,1-5H3. The Balaban J connectivity index is 2.27. The Kier molecular flexibility index (Phi) is 3.96. The minimum Gasteiger partial charge on any atom is -0.314 e. The van der Waals surface area contributed by atoms with Gasteiger partial charge in [0.2, 0.25) is 0 Å². The number of nitrogens with one attached hydrogen (secondary N) is 1. The molecule has 0 amide bonds. The summed E-state index contributed by atoms with van der Waals surface area (Å²) in [6, 6.07) is 0.624. The van der Waals surface area contributed by atoms with Crippen LogP contribution in [-0.4, -0.2) is 36.1 Å². The van der Waals surface area contributed by atoms with Crippen LogP contribution in [0.5, 0.6) is 0 Å². The molecule has 2 heteroatoms. The third-order valence-corrected chi connectivity index (χ3v) is 3.05. The van der Waals surface area contributed by atoms with Gasteiger partial charge >= 0.3 is 0 Å². The Labute approximate surface area is 89.1 Å². The molecule has 1 fully saturated rings. The van der Waals surface area contributed by atoms with E-state index in [1.807, 2.05) is 0 Å². The van der Waals surface area contributed by atoms with Crippen molar-refractivity contribution in [3.05, 3.63) is 0 Å². The third kappa shape index (κ3) is 3.58. The van der Waals surface area contributed by atoms with Crippen LogP contribution in [0, 0.1) is 5.92 Å². The van der Waals surface area contributed by atoms with Crippen molar-refractivity contribution in [2.24, 2.45) is 5.92 Å². The smallest absolute Gasteiger partial charge is 0.0125 e. The molecule has 1 N–H and O–H groups in total. The first-order valence-corrected chi connectivity index (χ1v) is 5.88. The Morgan fingerprint density at radius 1 is 1.36 bits per heavy atom. The van der Waals surface area contributed by atoms with Gasteiger partial charge < -0.3 is 5.32 Å². The second kappa shape index (κ2) is 4.63. The lowest BCUT2D eigenvalue weighted by atomic mass is 10.1. The van der Waals surface area contributed by atoms with Crippen LogP contribution in [-0.2, 0) is 0 Å². The van der Waals surface area contributed by atoms with Gasteiger partial charge in [-0.15, -0.1) is 0 Å². The number of hydrogen-bond donors (Lipinski definition) is 1. The number of rotatable bonds is 3. The summed E-state index contributed by atoms with van der Waals surface area (Å²) in [5, 5.41) is 3.53. The maximum absolute atomic E-state index is 3.53. The molecule has 1 saturated heterocycles. The van der Waals surface area contributed by atoms with Crippen molar-refractivity contribution in [2.75, 3.05) is 19.6 Å². The van der Waals surface area contributed by atoms with E-state index < -0.39 is 0 Å². The zero-order chi connectivity index (χ0) is 10.8. The second-order valence-electron chi connectivity index (χ2n) is 5.83. The molecule has 2 nitrogen and oxygen atoms in total. The number of nitrogens with zero attached hydrogens (tertiary/aromatic N) is 1. The van der Waals surface area contributed by atoms with Crippen molar-refractivity contribution < 1.29 is 0 Å². The maximum Gasteiger partial charge on any atom is 0.0125 e. The summed E-state index contributed by atoms with van der Waals surface area (Å²) in [5.41, 5.74) is 0.354. The van der Waals surface area contributed by atoms with E-state index in [1.165, 1.54) is 26.1 Å². The Hall–Kier alpha value is -0.0800. The van der Waals surface area contributed by atoms with Gasteiger partial charge in [-0.1, -0.05) is 13.8 Å². The van der Waals surface area contributed by atoms with E-state index in [9.17, 15) is 0 Å². The van der Waals surface area contributed by atoms with E-state index in [4.69, 9.17) is 0 Å². The summed E-state index contributed by atoms with van der Waals surface area (Å²) in [5.74, 6) is 0.858. The van der Waals surface area contributed by atoms with E-state index in [0.717, 1.165) is 5.92 Å². The highest BCUT2D eigenvalue weighted by molar-refractivity contribution is 4.85. The molecular weight excluding hydrogens is 172 g/mol. The summed E-state index contributed by atoms with van der Waals surface area (Å²) in [6.07, 6.45) is 1.36. The molecule has 0 spiro atoms. The van der Waals surface area contributed by atoms with Crippen molar-refractivity contribution >= 4 is 0 Å². The summed E-state index contributed by atoms with van der Waals surface area (Å²) in [6.45, 7) is 15.1. The molecule has 0 aliphatic carbocycles. The average Bonchev–Trinajstić information content (AvgIpc) is 2.47. The highest BCUT2D eigenvalue weighted by Gasteiger charge is 2.29. The van der Waals surface area contributed by atoms with Crippen LogP contribution >= 0.6 is 0 Å². The average molecular weight is 198 g/mol. The van der Waals surface area contributed by atoms with Gasteiger partial charge in [0.1, 0.15) is 0 Å². The summed E-state index contributed by atoms with van der Waals surface area (Å²) < 4.78 is 0. The van der Waals surface area contributed by atoms with Crippen molar-refractivity contribution in [1.82, 2.24) is 10.2 Å². The van der Waals surface area contributed by atoms with Crippen molar-refractivity contribution in [3.63, 3.8) is 0 Å². The quantitative estimate of drug-likeness (QED) is 0.747. The largest absolute Gasteiger partial charge is 0.314 e. The summed E-state index contributed by atoms with van der Waals surface area (Å²) in [7, 11) is 0. The van der Waals surface area contributed by atoms with Crippen LogP contribution in [0.4, 0.5) is 0 Å². The lowest BCUT2D eigenvalue weighted by molar-refractivity contribution is 0.167. The van der Waals surface area contributed by atoms with Crippen LogP contribution in [0.1, 0.15) is 41.0 Å². The van der Waals surface area contributed by atoms with Crippen molar-refractivity contribution in [2.45, 2.75) is 52.6 Å². The van der Waals surface area contributed by atoms with Crippen LogP contribution in [0.15, 0.2) is 0 Å². The molecule has 0 aromatic carbocycles. The molecule has 0 aromatic rings. The molecular formula is C12H26N2. The first-order valence-electron chi connectivity index (χ1n) is 5.88. The predicted octanol–water partition coefficient (Wildman–Crippen LogP) is 2.10. The van der Waals surface area contributed by atoms with E-state index in [-0.39, 0.29) is 0 Å². The van der Waals surface area contributed by atoms with Gasteiger partial charge in [-0.05, 0) is 46.2 Å². The normalized spacial score (nSPS) is 24.9. The highest BCUT2D eigenvalue weighted by atomic mass is 15.2. The molecule has 0 saturated carbocycles. The minimum atomic E-state index is 0.354. The molecule has 0 radical (unpaired) electrons. The fraction of sp³-hybridized carbons (Fsp3) is 1.00. The predicted molar refractivity (Wildman–Crippen MR) is 62.6 cm³/mol. The lowest BCUT2D eigenvalue weighted by Gasteiger charge is -2.31. The van der Waals surface area contributed by atoms with Gasteiger partial charge in [0.05, 0.1) is 0 Å². The molecule has 1 aliphatic rings. The van der Waals surface area contributed by atoms with Gasteiger partial charge in [-0.2, -0.15) is 0 Å². The zero-order valence-electron chi connectivity index (χ0n) is 10.4. The topological polar surface area (TPSA) is 15.3 Å². The van der Waals surface area contributed by atoms with Gasteiger partial charge in [0, 0.05) is 18.1 Å². The molecule has 0 aromatic heterocycles. The van der Waals surface area contributed by atoms with Gasteiger partial charge in [0.25, 0.3) is 0 Å². The van der Waals surface area contributed by atoms with E-state index in [0.29, 0.717) is 11.6 Å². The summed E-state index contributed by atoms with van der Waals surface area (Å²) >= 11 is 0. The molecule has 0 bridgehead atoms. The Morgan fingerprint density at radius 3 is 2.43 bits per heavy atom. The molecule has 84 valence electrons. The molecule has 1 heterocycles. The molecule has 14 heavy (non-hydrogen) atoms. The fourth-order valence-corrected chi connectivity index (χ4v) is 2.01. The molecule has 1 rings (SSSR count). The first-order chi connectivity index (χ1) is 6.39. The highest BCUT2D eigenvalue weighted by Crippen LogP contribution is 2.23. The Bertz CT molecular complexity index is 170. The van der Waals surface area contributed by atoms with E-state index >= 15 is 0 Å². The zero-order valence-corrected chi connectivity index (χ0v) is 10.4. The fourth-order valence-electron chi connectivity index (χ4n) is 2.01. The van der Waals surface area contributed by atoms with E-state index in [2.05, 4.69) is 44.8 Å². The lowest BCUT2D eigenvalue weighted by Crippen LogP contribution is -2.40. The van der Waals surface area contributed by atoms with Gasteiger partial charge in [-0.25, -0.2) is 0 Å². The SMILES string of the molecule is CC(C)NCC1CCN(C(C)(C)C)C1. The monoisotopic (exact) mass is 198 g/mol. The van der Waals surface area contributed by atoms with Crippen molar-refractivity contribution in [1.29, 1.82) is 0 Å². The molecule has 1 atom stereocenters. The van der Waals surface area contributed by atoms with Gasteiger partial charge in [-0.3, -0.25) is 4.90 Å².